The molecule has 2 N–H and O–H groups in total. The van der Waals surface area contributed by atoms with Gasteiger partial charge in [0.05, 0.1) is 0 Å². The molecule has 0 amide bonds. The van der Waals surface area contributed by atoms with Crippen molar-refractivity contribution >= 4 is 21.7 Å². The quantitative estimate of drug-likeness (QED) is 0.902. The third kappa shape index (κ3) is 3.69. The lowest BCUT2D eigenvalue weighted by Crippen LogP contribution is -2.12. The van der Waals surface area contributed by atoms with Crippen LogP contribution < -0.4 is 5.32 Å². The Morgan fingerprint density at radius 2 is 2.05 bits per heavy atom. The van der Waals surface area contributed by atoms with E-state index in [1.165, 1.54) is 12.1 Å². The van der Waals surface area contributed by atoms with Crippen LogP contribution in [0.3, 0.4) is 0 Å². The number of rotatable bonds is 4. The van der Waals surface area contributed by atoms with Crippen LogP contribution in [0.15, 0.2) is 28.9 Å². The van der Waals surface area contributed by atoms with Crippen molar-refractivity contribution in [3.8, 4) is 0 Å². The Balaban J connectivity index is 2.01. The molecule has 0 aliphatic carbocycles. The van der Waals surface area contributed by atoms with E-state index in [9.17, 15) is 13.2 Å². The molecule has 2 rings (SSSR count). The standard InChI is InChI=1S/C11H10BrF3N4/c12-8-1-2-9(18-10(8)11(13,14)15)16-5-3-7-4-6-17-19-7/h1-2,4,6H,3,5H2,(H,16,18)(H,17,19). The van der Waals surface area contributed by atoms with E-state index in [2.05, 4.69) is 36.4 Å². The van der Waals surface area contributed by atoms with Crippen LogP contribution in [0.1, 0.15) is 11.4 Å². The maximum atomic E-state index is 12.6. The van der Waals surface area contributed by atoms with Crippen LogP contribution in [0.4, 0.5) is 19.0 Å². The molecule has 2 aromatic heterocycles. The molecule has 102 valence electrons. The molecule has 0 spiro atoms. The molecule has 2 aromatic rings. The first-order valence-corrected chi connectivity index (χ1v) is 6.22. The van der Waals surface area contributed by atoms with Gasteiger partial charge in [-0.05, 0) is 34.1 Å². The molecule has 0 aliphatic rings. The van der Waals surface area contributed by atoms with Gasteiger partial charge in [-0.15, -0.1) is 0 Å². The van der Waals surface area contributed by atoms with Crippen LogP contribution in [-0.2, 0) is 12.6 Å². The molecule has 4 nitrogen and oxygen atoms in total. The number of H-pyrrole nitrogens is 1. The number of hydrogen-bond acceptors (Lipinski definition) is 3. The van der Waals surface area contributed by atoms with Gasteiger partial charge in [-0.25, -0.2) is 4.98 Å². The fraction of sp³-hybridized carbons (Fsp3) is 0.273. The minimum absolute atomic E-state index is 0.0703. The molecule has 0 saturated heterocycles. The Kier molecular flexibility index (Phi) is 4.08. The van der Waals surface area contributed by atoms with Gasteiger partial charge in [0, 0.05) is 29.3 Å². The molecule has 0 radical (unpaired) electrons. The second-order valence-corrected chi connectivity index (χ2v) is 4.64. The first-order chi connectivity index (χ1) is 8.97. The van der Waals surface area contributed by atoms with Crippen molar-refractivity contribution < 1.29 is 13.2 Å². The van der Waals surface area contributed by atoms with Crippen LogP contribution in [0.5, 0.6) is 0 Å². The summed E-state index contributed by atoms with van der Waals surface area (Å²) in [7, 11) is 0. The van der Waals surface area contributed by atoms with Crippen molar-refractivity contribution in [2.45, 2.75) is 12.6 Å². The van der Waals surface area contributed by atoms with E-state index >= 15 is 0 Å². The van der Waals surface area contributed by atoms with Gasteiger partial charge in [0.1, 0.15) is 5.82 Å². The third-order valence-electron chi connectivity index (χ3n) is 2.37. The van der Waals surface area contributed by atoms with E-state index in [1.807, 2.05) is 0 Å². The monoisotopic (exact) mass is 334 g/mol. The first kappa shape index (κ1) is 13.9. The van der Waals surface area contributed by atoms with Crippen molar-refractivity contribution in [1.82, 2.24) is 15.2 Å². The molecule has 0 aliphatic heterocycles. The average Bonchev–Trinajstić information content (AvgIpc) is 2.83. The Hall–Kier alpha value is -1.57. The van der Waals surface area contributed by atoms with Gasteiger partial charge in [0.15, 0.2) is 5.69 Å². The topological polar surface area (TPSA) is 53.6 Å². The largest absolute Gasteiger partial charge is 0.434 e. The summed E-state index contributed by atoms with van der Waals surface area (Å²) in [5, 5.41) is 9.40. The number of hydrogen-bond donors (Lipinski definition) is 2. The average molecular weight is 335 g/mol. The molecule has 0 atom stereocenters. The number of alkyl halides is 3. The van der Waals surface area contributed by atoms with Gasteiger partial charge < -0.3 is 5.32 Å². The number of nitrogens with one attached hydrogen (secondary N) is 2. The van der Waals surface area contributed by atoms with E-state index in [1.54, 1.807) is 12.3 Å². The normalized spacial score (nSPS) is 11.6. The van der Waals surface area contributed by atoms with Crippen molar-refractivity contribution in [2.24, 2.45) is 0 Å². The Bertz CT molecular complexity index is 539. The predicted molar refractivity (Wildman–Crippen MR) is 67.7 cm³/mol. The summed E-state index contributed by atoms with van der Waals surface area (Å²) in [5.41, 5.74) is -0.0281. The Morgan fingerprint density at radius 1 is 1.26 bits per heavy atom. The summed E-state index contributed by atoms with van der Waals surface area (Å²) in [6.07, 6.45) is -2.23. The van der Waals surface area contributed by atoms with Gasteiger partial charge in [0.25, 0.3) is 0 Å². The minimum Gasteiger partial charge on any atom is -0.370 e. The lowest BCUT2D eigenvalue weighted by molar-refractivity contribution is -0.141. The van der Waals surface area contributed by atoms with E-state index in [4.69, 9.17) is 0 Å². The van der Waals surface area contributed by atoms with E-state index in [0.717, 1.165) is 5.69 Å². The van der Waals surface area contributed by atoms with Crippen molar-refractivity contribution in [1.29, 1.82) is 0 Å². The smallest absolute Gasteiger partial charge is 0.370 e. The molecule has 0 saturated carbocycles. The number of pyridine rings is 1. The second kappa shape index (κ2) is 5.60. The van der Waals surface area contributed by atoms with Crippen molar-refractivity contribution in [3.05, 3.63) is 40.3 Å². The molecule has 0 aromatic carbocycles. The van der Waals surface area contributed by atoms with Crippen LogP contribution in [0.25, 0.3) is 0 Å². The predicted octanol–water partition coefficient (Wildman–Crippen LogP) is 3.24. The zero-order chi connectivity index (χ0) is 13.9. The van der Waals surface area contributed by atoms with Gasteiger partial charge in [-0.2, -0.15) is 18.3 Å². The number of aromatic amines is 1. The fourth-order valence-corrected chi connectivity index (χ4v) is 1.93. The number of nitrogens with zero attached hydrogens (tertiary/aromatic N) is 2. The van der Waals surface area contributed by atoms with Crippen molar-refractivity contribution in [3.63, 3.8) is 0 Å². The lowest BCUT2D eigenvalue weighted by Gasteiger charge is -2.11. The molecule has 8 heteroatoms. The van der Waals surface area contributed by atoms with Crippen LogP contribution >= 0.6 is 15.9 Å². The maximum absolute atomic E-state index is 12.6. The molecule has 2 heterocycles. The van der Waals surface area contributed by atoms with Crippen LogP contribution in [0, 0.1) is 0 Å². The first-order valence-electron chi connectivity index (χ1n) is 5.42. The molecular formula is C11H10BrF3N4. The Labute approximate surface area is 115 Å². The molecule has 0 unspecified atom stereocenters. The summed E-state index contributed by atoms with van der Waals surface area (Å²) in [6, 6.07) is 4.62. The number of halogens is 4. The highest BCUT2D eigenvalue weighted by molar-refractivity contribution is 9.10. The third-order valence-corrected chi connectivity index (χ3v) is 3.01. The molecule has 0 fully saturated rings. The maximum Gasteiger partial charge on any atom is 0.434 e. The summed E-state index contributed by atoms with van der Waals surface area (Å²) in [6.45, 7) is 0.466. The number of aromatic nitrogens is 3. The van der Waals surface area contributed by atoms with Crippen molar-refractivity contribution in [2.75, 3.05) is 11.9 Å². The second-order valence-electron chi connectivity index (χ2n) is 3.78. The minimum atomic E-state index is -4.47. The SMILES string of the molecule is FC(F)(F)c1nc(NCCc2ccn[nH]2)ccc1Br. The molecule has 19 heavy (non-hydrogen) atoms. The Morgan fingerprint density at radius 3 is 2.68 bits per heavy atom. The van der Waals surface area contributed by atoms with E-state index in [0.29, 0.717) is 13.0 Å². The van der Waals surface area contributed by atoms with E-state index in [-0.39, 0.29) is 10.3 Å². The zero-order valence-electron chi connectivity index (χ0n) is 9.63. The summed E-state index contributed by atoms with van der Waals surface area (Å²) >= 11 is 2.84. The highest BCUT2D eigenvalue weighted by Gasteiger charge is 2.35. The highest BCUT2D eigenvalue weighted by Crippen LogP contribution is 2.33. The molecular weight excluding hydrogens is 325 g/mol. The number of anilines is 1. The van der Waals surface area contributed by atoms with Crippen LogP contribution in [-0.4, -0.2) is 21.7 Å². The lowest BCUT2D eigenvalue weighted by atomic mass is 10.3. The van der Waals surface area contributed by atoms with Crippen LogP contribution in [0.2, 0.25) is 0 Å². The fourth-order valence-electron chi connectivity index (χ4n) is 1.49. The van der Waals surface area contributed by atoms with Gasteiger partial charge in [-0.1, -0.05) is 0 Å². The van der Waals surface area contributed by atoms with E-state index < -0.39 is 11.9 Å². The molecule has 0 bridgehead atoms. The summed E-state index contributed by atoms with van der Waals surface area (Å²) in [5.74, 6) is 0.190. The summed E-state index contributed by atoms with van der Waals surface area (Å²) < 4.78 is 37.9. The van der Waals surface area contributed by atoms with Gasteiger partial charge in [0.2, 0.25) is 0 Å². The van der Waals surface area contributed by atoms with Gasteiger partial charge in [-0.3, -0.25) is 5.10 Å². The zero-order valence-corrected chi connectivity index (χ0v) is 11.2. The highest BCUT2D eigenvalue weighted by atomic mass is 79.9. The summed E-state index contributed by atoms with van der Waals surface area (Å²) in [4.78, 5) is 3.55. The van der Waals surface area contributed by atoms with Gasteiger partial charge >= 0.3 is 6.18 Å².